The zero-order valence-electron chi connectivity index (χ0n) is 20.1. The van der Waals surface area contributed by atoms with Gasteiger partial charge in [-0.25, -0.2) is 0 Å². The lowest BCUT2D eigenvalue weighted by molar-refractivity contribution is -0.0779. The average molecular weight is 399 g/mol. The Morgan fingerprint density at radius 3 is 2.59 bits per heavy atom. The van der Waals surface area contributed by atoms with E-state index in [0.717, 1.165) is 30.1 Å². The monoisotopic (exact) mass is 398 g/mol. The van der Waals surface area contributed by atoms with E-state index in [2.05, 4.69) is 47.6 Å². The highest BCUT2D eigenvalue weighted by molar-refractivity contribution is 5.35. The van der Waals surface area contributed by atoms with Crippen molar-refractivity contribution in [2.45, 2.75) is 112 Å². The molecule has 3 fully saturated rings. The van der Waals surface area contributed by atoms with Gasteiger partial charge in [-0.15, -0.1) is 0 Å². The van der Waals surface area contributed by atoms with Gasteiger partial charge in [0.1, 0.15) is 0 Å². The van der Waals surface area contributed by atoms with Crippen molar-refractivity contribution < 1.29 is 5.11 Å². The maximum Gasteiger partial charge on any atom is 0.0568 e. The Morgan fingerprint density at radius 1 is 1.10 bits per heavy atom. The van der Waals surface area contributed by atoms with Crippen LogP contribution < -0.4 is 0 Å². The lowest BCUT2D eigenvalue weighted by atomic mass is 9.47. The number of allylic oxidation sites excluding steroid dienone is 4. The summed E-state index contributed by atoms with van der Waals surface area (Å²) in [7, 11) is 0. The molecule has 164 valence electrons. The zero-order chi connectivity index (χ0) is 21.0. The third-order valence-corrected chi connectivity index (χ3v) is 10.4. The lowest BCUT2D eigenvalue weighted by Gasteiger charge is -2.58. The van der Waals surface area contributed by atoms with Gasteiger partial charge >= 0.3 is 0 Å². The second kappa shape index (κ2) is 7.85. The molecule has 4 aliphatic carbocycles. The van der Waals surface area contributed by atoms with Crippen molar-refractivity contribution in [3.63, 3.8) is 0 Å². The Kier molecular flexibility index (Phi) is 5.86. The zero-order valence-corrected chi connectivity index (χ0v) is 20.1. The lowest BCUT2D eigenvalue weighted by Crippen LogP contribution is -2.51. The second-order valence-corrected chi connectivity index (χ2v) is 12.1. The van der Waals surface area contributed by atoms with E-state index in [-0.39, 0.29) is 6.10 Å². The van der Waals surface area contributed by atoms with Gasteiger partial charge < -0.3 is 5.11 Å². The predicted octanol–water partition coefficient (Wildman–Crippen LogP) is 7.70. The van der Waals surface area contributed by atoms with Crippen molar-refractivity contribution in [3.05, 3.63) is 22.8 Å². The molecule has 0 amide bonds. The topological polar surface area (TPSA) is 20.2 Å². The molecule has 0 bridgehead atoms. The molecule has 0 aromatic rings. The third kappa shape index (κ3) is 3.48. The first-order valence-electron chi connectivity index (χ1n) is 12.7. The van der Waals surface area contributed by atoms with Crippen LogP contribution in [0.25, 0.3) is 0 Å². The van der Waals surface area contributed by atoms with Crippen molar-refractivity contribution >= 4 is 0 Å². The molecule has 8 atom stereocenters. The summed E-state index contributed by atoms with van der Waals surface area (Å²) >= 11 is 0. The van der Waals surface area contributed by atoms with E-state index >= 15 is 0 Å². The summed E-state index contributed by atoms with van der Waals surface area (Å²) in [5.41, 5.74) is 6.19. The van der Waals surface area contributed by atoms with Crippen molar-refractivity contribution in [2.24, 2.45) is 40.4 Å². The average Bonchev–Trinajstić information content (AvgIpc) is 3.02. The molecule has 3 saturated carbocycles. The Labute approximate surface area is 180 Å². The third-order valence-electron chi connectivity index (χ3n) is 10.4. The van der Waals surface area contributed by atoms with Gasteiger partial charge in [0.15, 0.2) is 0 Å². The molecular formula is C28H46O. The van der Waals surface area contributed by atoms with Gasteiger partial charge in [0.2, 0.25) is 0 Å². The summed E-state index contributed by atoms with van der Waals surface area (Å²) in [5, 5.41) is 10.5. The van der Waals surface area contributed by atoms with E-state index in [1.54, 1.807) is 0 Å². The van der Waals surface area contributed by atoms with E-state index in [0.29, 0.717) is 16.7 Å². The number of hydrogen-bond donors (Lipinski definition) is 1. The van der Waals surface area contributed by atoms with Gasteiger partial charge in [-0.2, -0.15) is 0 Å². The first-order valence-corrected chi connectivity index (χ1v) is 12.7. The van der Waals surface area contributed by atoms with E-state index in [1.807, 2.05) is 11.1 Å². The minimum atomic E-state index is -0.0614. The maximum absolute atomic E-state index is 10.5. The van der Waals surface area contributed by atoms with Gasteiger partial charge in [0.25, 0.3) is 0 Å². The van der Waals surface area contributed by atoms with Crippen LogP contribution in [-0.2, 0) is 0 Å². The smallest absolute Gasteiger partial charge is 0.0568 e. The Hall–Kier alpha value is -0.560. The van der Waals surface area contributed by atoms with Crippen LogP contribution in [0.15, 0.2) is 22.8 Å². The molecule has 0 aromatic heterocycles. The molecule has 0 aromatic carbocycles. The van der Waals surface area contributed by atoms with Crippen LogP contribution in [-0.4, -0.2) is 11.2 Å². The first kappa shape index (κ1) is 21.7. The van der Waals surface area contributed by atoms with E-state index < -0.39 is 0 Å². The molecule has 0 heterocycles. The fraction of sp³-hybridized carbons (Fsp3) is 0.857. The molecule has 1 N–H and O–H groups in total. The van der Waals surface area contributed by atoms with Gasteiger partial charge in [0.05, 0.1) is 6.10 Å². The molecule has 29 heavy (non-hydrogen) atoms. The summed E-state index contributed by atoms with van der Waals surface area (Å²) in [5.74, 6) is 3.74. The highest BCUT2D eigenvalue weighted by atomic mass is 16.3. The predicted molar refractivity (Wildman–Crippen MR) is 124 cm³/mol. The number of rotatable bonds is 4. The highest BCUT2D eigenvalue weighted by Gasteiger charge is 2.56. The van der Waals surface area contributed by atoms with Crippen molar-refractivity contribution in [1.29, 1.82) is 0 Å². The SMILES string of the molecule is CC(C)=CCC[C@H](C)[C@H]1CCC2=C3CC[C@H]4[C@H](C)[C@@H](O)CC[C@]4(C)[C@H]3CC[C@@]21C. The van der Waals surface area contributed by atoms with Crippen LogP contribution in [0.4, 0.5) is 0 Å². The Morgan fingerprint density at radius 2 is 1.86 bits per heavy atom. The summed E-state index contributed by atoms with van der Waals surface area (Å²) in [6, 6.07) is 0. The fourth-order valence-electron chi connectivity index (χ4n) is 8.73. The number of hydrogen-bond acceptors (Lipinski definition) is 1. The Bertz CT molecular complexity index is 682. The van der Waals surface area contributed by atoms with Gasteiger partial charge in [-0.1, -0.05) is 50.5 Å². The van der Waals surface area contributed by atoms with Crippen LogP contribution in [0.1, 0.15) is 106 Å². The van der Waals surface area contributed by atoms with Gasteiger partial charge in [-0.05, 0) is 118 Å². The van der Waals surface area contributed by atoms with E-state index in [4.69, 9.17) is 0 Å². The molecule has 4 aliphatic rings. The molecule has 0 radical (unpaired) electrons. The maximum atomic E-state index is 10.5. The minimum Gasteiger partial charge on any atom is -0.393 e. The Balaban J connectivity index is 1.57. The molecular weight excluding hydrogens is 352 g/mol. The molecule has 1 nitrogen and oxygen atoms in total. The molecule has 0 unspecified atom stereocenters. The normalized spacial score (nSPS) is 45.3. The highest BCUT2D eigenvalue weighted by Crippen LogP contribution is 2.66. The summed E-state index contributed by atoms with van der Waals surface area (Å²) in [6.07, 6.45) is 15.5. The largest absolute Gasteiger partial charge is 0.393 e. The number of fused-ring (bicyclic) bond motifs is 4. The van der Waals surface area contributed by atoms with Crippen LogP contribution >= 0.6 is 0 Å². The molecule has 0 saturated heterocycles. The van der Waals surface area contributed by atoms with Crippen molar-refractivity contribution in [3.8, 4) is 0 Å². The van der Waals surface area contributed by atoms with Gasteiger partial charge in [-0.3, -0.25) is 0 Å². The van der Waals surface area contributed by atoms with Crippen LogP contribution in [0.3, 0.4) is 0 Å². The molecule has 4 rings (SSSR count). The standard InChI is InChI=1S/C28H46O/c1-18(2)8-7-9-19(3)22-12-13-24-21-10-11-23-20(4)26(29)15-17-28(23,6)25(21)14-16-27(22,24)5/h8,19-20,22-23,25-26,29H,7,9-17H2,1-6H3/t19-,20-,22+,23-,25-,26-,27+,28-/m0/s1. The number of aliphatic hydroxyl groups is 1. The van der Waals surface area contributed by atoms with Gasteiger partial charge in [0, 0.05) is 0 Å². The summed E-state index contributed by atoms with van der Waals surface area (Å²) in [6.45, 7) is 14.6. The van der Waals surface area contributed by atoms with Crippen molar-refractivity contribution in [2.75, 3.05) is 0 Å². The van der Waals surface area contributed by atoms with E-state index in [1.165, 1.54) is 63.4 Å². The van der Waals surface area contributed by atoms with Crippen molar-refractivity contribution in [1.82, 2.24) is 0 Å². The molecule has 1 heteroatoms. The molecule has 0 aliphatic heterocycles. The first-order chi connectivity index (χ1) is 13.7. The second-order valence-electron chi connectivity index (χ2n) is 12.1. The minimum absolute atomic E-state index is 0.0614. The van der Waals surface area contributed by atoms with Crippen LogP contribution in [0, 0.1) is 40.4 Å². The summed E-state index contributed by atoms with van der Waals surface area (Å²) in [4.78, 5) is 0. The van der Waals surface area contributed by atoms with E-state index in [9.17, 15) is 5.11 Å². The fourth-order valence-corrected chi connectivity index (χ4v) is 8.73. The van der Waals surface area contributed by atoms with Crippen LogP contribution in [0.5, 0.6) is 0 Å². The quantitative estimate of drug-likeness (QED) is 0.481. The van der Waals surface area contributed by atoms with Crippen LogP contribution in [0.2, 0.25) is 0 Å². The number of aliphatic hydroxyl groups excluding tert-OH is 1. The summed E-state index contributed by atoms with van der Waals surface area (Å²) < 4.78 is 0. The molecule has 0 spiro atoms.